The Labute approximate surface area is 179 Å². The third-order valence-corrected chi connectivity index (χ3v) is 6.12. The molecule has 0 rings (SSSR count). The van der Waals surface area contributed by atoms with Crippen molar-refractivity contribution in [3.63, 3.8) is 0 Å². The van der Waals surface area contributed by atoms with Gasteiger partial charge in [0.05, 0.1) is 0 Å². The molecule has 0 bridgehead atoms. The quantitative estimate of drug-likeness (QED) is 0.140. The van der Waals surface area contributed by atoms with Gasteiger partial charge < -0.3 is 5.32 Å². The van der Waals surface area contributed by atoms with Crippen molar-refractivity contribution < 1.29 is 4.79 Å². The van der Waals surface area contributed by atoms with E-state index >= 15 is 0 Å². The molecule has 2 nitrogen and oxygen atoms in total. The molecule has 0 spiro atoms. The number of alkyl halides is 1. The summed E-state index contributed by atoms with van der Waals surface area (Å²) in [5, 5.41) is 4.28. The van der Waals surface area contributed by atoms with Crippen molar-refractivity contribution in [1.82, 2.24) is 5.32 Å². The first-order valence-corrected chi connectivity index (χ1v) is 13.2. The van der Waals surface area contributed by atoms with Gasteiger partial charge in [-0.3, -0.25) is 4.79 Å². The van der Waals surface area contributed by atoms with E-state index in [0.717, 1.165) is 24.7 Å². The van der Waals surface area contributed by atoms with Crippen LogP contribution in [-0.2, 0) is 4.79 Å². The van der Waals surface area contributed by atoms with Crippen molar-refractivity contribution in [2.45, 2.75) is 129 Å². The molecule has 0 heterocycles. The molecule has 1 N–H and O–H groups in total. The fourth-order valence-electron chi connectivity index (χ4n) is 3.68. The molecule has 1 amide bonds. The molecule has 0 aromatic heterocycles. The van der Waals surface area contributed by atoms with Gasteiger partial charge in [0.25, 0.3) is 0 Å². The number of carbonyl (C=O) groups excluding carboxylic acids is 1. The van der Waals surface area contributed by atoms with E-state index in [-0.39, 0.29) is 5.91 Å². The van der Waals surface area contributed by atoms with Crippen LogP contribution in [0.4, 0.5) is 0 Å². The lowest BCUT2D eigenvalue weighted by Gasteiger charge is -2.18. The number of amides is 1. The second-order valence-corrected chi connectivity index (χ2v) is 9.08. The highest BCUT2D eigenvalue weighted by Crippen LogP contribution is 2.19. The lowest BCUT2D eigenvalue weighted by atomic mass is 9.94. The van der Waals surface area contributed by atoms with Crippen LogP contribution in [0.15, 0.2) is 0 Å². The minimum atomic E-state index is 0.264. The summed E-state index contributed by atoms with van der Waals surface area (Å²) in [7, 11) is 0. The van der Waals surface area contributed by atoms with Crippen LogP contribution in [0.25, 0.3) is 0 Å². The van der Waals surface area contributed by atoms with Crippen molar-refractivity contribution in [3.8, 4) is 0 Å². The lowest BCUT2D eigenvalue weighted by molar-refractivity contribution is -0.121. The Bertz CT molecular complexity index is 293. The first-order valence-electron chi connectivity index (χ1n) is 12.1. The molecule has 0 radical (unpaired) electrons. The Morgan fingerprint density at radius 3 is 1.70 bits per heavy atom. The summed E-state index contributed by atoms with van der Waals surface area (Å²) in [6.07, 6.45) is 23.0. The van der Waals surface area contributed by atoms with Crippen molar-refractivity contribution in [1.29, 1.82) is 0 Å². The number of unbranched alkanes of at least 4 members (excludes halogenated alkanes) is 12. The molecule has 162 valence electrons. The van der Waals surface area contributed by atoms with E-state index in [1.807, 2.05) is 0 Å². The zero-order chi connectivity index (χ0) is 20.0. The fourth-order valence-corrected chi connectivity index (χ4v) is 4.08. The van der Waals surface area contributed by atoms with Crippen LogP contribution < -0.4 is 5.32 Å². The van der Waals surface area contributed by atoms with Crippen LogP contribution in [0.5, 0.6) is 0 Å². The second kappa shape index (κ2) is 22.2. The molecule has 0 aliphatic carbocycles. The Morgan fingerprint density at radius 2 is 1.19 bits per heavy atom. The third kappa shape index (κ3) is 20.5. The molecule has 3 heteroatoms. The lowest BCUT2D eigenvalue weighted by Crippen LogP contribution is -2.29. The Balaban J connectivity index is 3.97. The average molecular weight is 447 g/mol. The first kappa shape index (κ1) is 27.0. The Morgan fingerprint density at radius 1 is 0.704 bits per heavy atom. The van der Waals surface area contributed by atoms with E-state index in [2.05, 4.69) is 35.1 Å². The molecule has 0 unspecified atom stereocenters. The molecular weight excluding hydrogens is 398 g/mol. The van der Waals surface area contributed by atoms with Gasteiger partial charge in [0.15, 0.2) is 0 Å². The Kier molecular flexibility index (Phi) is 22.2. The number of nitrogens with one attached hydrogen (secondary N) is 1. The van der Waals surface area contributed by atoms with Crippen molar-refractivity contribution in [2.75, 3.05) is 11.9 Å². The summed E-state index contributed by atoms with van der Waals surface area (Å²) in [5.41, 5.74) is 0. The minimum Gasteiger partial charge on any atom is -0.356 e. The van der Waals surface area contributed by atoms with Gasteiger partial charge >= 0.3 is 0 Å². The van der Waals surface area contributed by atoms with Crippen LogP contribution >= 0.6 is 15.9 Å². The molecule has 0 saturated heterocycles. The molecule has 0 aromatic carbocycles. The SMILES string of the molecule is CCCCCCCCC(CCCCCCCC)CNC(=O)CCCCCBr. The molecule has 0 aliphatic rings. The van der Waals surface area contributed by atoms with Crippen LogP contribution in [0.2, 0.25) is 0 Å². The topological polar surface area (TPSA) is 29.1 Å². The maximum atomic E-state index is 12.1. The number of hydrogen-bond acceptors (Lipinski definition) is 1. The average Bonchev–Trinajstić information content (AvgIpc) is 2.68. The molecule has 0 fully saturated rings. The van der Waals surface area contributed by atoms with Gasteiger partial charge in [-0.15, -0.1) is 0 Å². The van der Waals surface area contributed by atoms with E-state index in [0.29, 0.717) is 12.3 Å². The van der Waals surface area contributed by atoms with Crippen LogP contribution in [0.3, 0.4) is 0 Å². The predicted molar refractivity (Wildman–Crippen MR) is 125 cm³/mol. The third-order valence-electron chi connectivity index (χ3n) is 5.56. The molecule has 0 saturated carbocycles. The Hall–Kier alpha value is -0.0500. The summed E-state index contributed by atoms with van der Waals surface area (Å²) < 4.78 is 0. The summed E-state index contributed by atoms with van der Waals surface area (Å²) in [5.74, 6) is 0.953. The van der Waals surface area contributed by atoms with Gasteiger partial charge in [0.2, 0.25) is 5.91 Å². The van der Waals surface area contributed by atoms with E-state index in [1.165, 1.54) is 96.3 Å². The van der Waals surface area contributed by atoms with Crippen LogP contribution in [-0.4, -0.2) is 17.8 Å². The zero-order valence-corrected chi connectivity index (χ0v) is 20.1. The van der Waals surface area contributed by atoms with E-state index in [1.54, 1.807) is 0 Å². The smallest absolute Gasteiger partial charge is 0.220 e. The van der Waals surface area contributed by atoms with Gasteiger partial charge in [-0.25, -0.2) is 0 Å². The highest BCUT2D eigenvalue weighted by atomic mass is 79.9. The molecular formula is C24H48BrNO. The molecule has 0 aromatic rings. The largest absolute Gasteiger partial charge is 0.356 e. The van der Waals surface area contributed by atoms with Gasteiger partial charge in [0, 0.05) is 18.3 Å². The zero-order valence-electron chi connectivity index (χ0n) is 18.5. The van der Waals surface area contributed by atoms with Gasteiger partial charge in [-0.05, 0) is 31.6 Å². The summed E-state index contributed by atoms with van der Waals surface area (Å²) in [6, 6.07) is 0. The first-order chi connectivity index (χ1) is 13.2. The number of carbonyl (C=O) groups is 1. The van der Waals surface area contributed by atoms with Crippen molar-refractivity contribution >= 4 is 21.8 Å². The van der Waals surface area contributed by atoms with E-state index < -0.39 is 0 Å². The number of rotatable bonds is 21. The van der Waals surface area contributed by atoms with E-state index in [9.17, 15) is 4.79 Å². The van der Waals surface area contributed by atoms with Gasteiger partial charge in [0.1, 0.15) is 0 Å². The highest BCUT2D eigenvalue weighted by Gasteiger charge is 2.10. The maximum Gasteiger partial charge on any atom is 0.220 e. The van der Waals surface area contributed by atoms with Crippen LogP contribution in [0, 0.1) is 5.92 Å². The number of hydrogen-bond donors (Lipinski definition) is 1. The normalized spacial score (nSPS) is 11.3. The molecule has 0 atom stereocenters. The molecule has 27 heavy (non-hydrogen) atoms. The van der Waals surface area contributed by atoms with Crippen molar-refractivity contribution in [3.05, 3.63) is 0 Å². The van der Waals surface area contributed by atoms with Crippen LogP contribution in [0.1, 0.15) is 129 Å². The molecule has 0 aliphatic heterocycles. The van der Waals surface area contributed by atoms with Crippen molar-refractivity contribution in [2.24, 2.45) is 5.92 Å². The summed E-state index contributed by atoms with van der Waals surface area (Å²) in [4.78, 5) is 12.1. The maximum absolute atomic E-state index is 12.1. The monoisotopic (exact) mass is 445 g/mol. The predicted octanol–water partition coefficient (Wildman–Crippen LogP) is 8.18. The highest BCUT2D eigenvalue weighted by molar-refractivity contribution is 9.09. The summed E-state index contributed by atoms with van der Waals surface area (Å²) >= 11 is 3.45. The van der Waals surface area contributed by atoms with E-state index in [4.69, 9.17) is 0 Å². The van der Waals surface area contributed by atoms with Gasteiger partial charge in [-0.1, -0.05) is 113 Å². The standard InChI is InChI=1S/C24H48BrNO/c1-3-5-7-9-11-14-18-23(19-15-12-10-8-6-4-2)22-26-24(27)20-16-13-17-21-25/h23H,3-22H2,1-2H3,(H,26,27). The van der Waals surface area contributed by atoms with Gasteiger partial charge in [-0.2, -0.15) is 0 Å². The fraction of sp³-hybridized carbons (Fsp3) is 0.958. The number of halogens is 1. The summed E-state index contributed by atoms with van der Waals surface area (Å²) in [6.45, 7) is 5.46. The second-order valence-electron chi connectivity index (χ2n) is 8.28. The minimum absolute atomic E-state index is 0.264.